The summed E-state index contributed by atoms with van der Waals surface area (Å²) >= 11 is 0. The van der Waals surface area contributed by atoms with E-state index in [0.29, 0.717) is 12.8 Å². The van der Waals surface area contributed by atoms with Gasteiger partial charge in [0.2, 0.25) is 0 Å². The number of hydrogen-bond acceptors (Lipinski definition) is 1. The van der Waals surface area contributed by atoms with Gasteiger partial charge in [0.25, 0.3) is 0 Å². The normalized spacial score (nSPS) is 46.8. The van der Waals surface area contributed by atoms with E-state index in [9.17, 15) is 4.39 Å². The molecule has 0 aromatic heterocycles. The van der Waals surface area contributed by atoms with Gasteiger partial charge in [0.05, 0.1) is 0 Å². The lowest BCUT2D eigenvalue weighted by Gasteiger charge is -2.47. The van der Waals surface area contributed by atoms with Crippen LogP contribution in [0.3, 0.4) is 0 Å². The number of halogens is 1. The SMILES string of the molecule is CCCC1(N)CC(C)(F)C1. The highest BCUT2D eigenvalue weighted by Crippen LogP contribution is 2.44. The van der Waals surface area contributed by atoms with Crippen LogP contribution in [0.4, 0.5) is 4.39 Å². The summed E-state index contributed by atoms with van der Waals surface area (Å²) in [5, 5.41) is 0. The number of rotatable bonds is 2. The van der Waals surface area contributed by atoms with Gasteiger partial charge in [-0.05, 0) is 26.2 Å². The quantitative estimate of drug-likeness (QED) is 0.632. The van der Waals surface area contributed by atoms with Gasteiger partial charge in [-0.3, -0.25) is 0 Å². The van der Waals surface area contributed by atoms with Crippen molar-refractivity contribution in [3.8, 4) is 0 Å². The molecule has 10 heavy (non-hydrogen) atoms. The number of alkyl halides is 1. The van der Waals surface area contributed by atoms with E-state index in [1.807, 2.05) is 0 Å². The summed E-state index contributed by atoms with van der Waals surface area (Å²) in [6, 6.07) is 0. The average Bonchev–Trinajstić information content (AvgIpc) is 1.58. The Morgan fingerprint density at radius 2 is 2.00 bits per heavy atom. The van der Waals surface area contributed by atoms with Crippen molar-refractivity contribution in [3.63, 3.8) is 0 Å². The van der Waals surface area contributed by atoms with Gasteiger partial charge >= 0.3 is 0 Å². The zero-order valence-electron chi connectivity index (χ0n) is 6.78. The highest BCUT2D eigenvalue weighted by atomic mass is 19.1. The maximum atomic E-state index is 12.9. The summed E-state index contributed by atoms with van der Waals surface area (Å²) in [6.07, 6.45) is 3.13. The second-order valence-electron chi connectivity index (χ2n) is 3.88. The van der Waals surface area contributed by atoms with E-state index in [0.717, 1.165) is 12.8 Å². The lowest BCUT2D eigenvalue weighted by Crippen LogP contribution is -2.58. The van der Waals surface area contributed by atoms with Crippen LogP contribution in [-0.4, -0.2) is 11.2 Å². The van der Waals surface area contributed by atoms with Crippen molar-refractivity contribution in [2.45, 2.75) is 50.7 Å². The fourth-order valence-corrected chi connectivity index (χ4v) is 2.09. The molecule has 0 unspecified atom stereocenters. The van der Waals surface area contributed by atoms with E-state index in [1.54, 1.807) is 6.92 Å². The van der Waals surface area contributed by atoms with E-state index < -0.39 is 5.67 Å². The molecule has 0 heterocycles. The topological polar surface area (TPSA) is 26.0 Å². The molecule has 0 atom stereocenters. The van der Waals surface area contributed by atoms with Gasteiger partial charge in [-0.1, -0.05) is 13.3 Å². The molecule has 1 saturated carbocycles. The van der Waals surface area contributed by atoms with Crippen LogP contribution in [0.5, 0.6) is 0 Å². The monoisotopic (exact) mass is 145 g/mol. The molecule has 0 aromatic rings. The van der Waals surface area contributed by atoms with Gasteiger partial charge in [0.15, 0.2) is 0 Å². The highest BCUT2D eigenvalue weighted by molar-refractivity contribution is 5.05. The molecule has 1 fully saturated rings. The predicted octanol–water partition coefficient (Wildman–Crippen LogP) is 2.01. The van der Waals surface area contributed by atoms with Crippen LogP contribution in [0, 0.1) is 0 Å². The molecule has 2 N–H and O–H groups in total. The van der Waals surface area contributed by atoms with Crippen LogP contribution in [0.15, 0.2) is 0 Å². The molecule has 1 aliphatic carbocycles. The molecule has 1 nitrogen and oxygen atoms in total. The van der Waals surface area contributed by atoms with E-state index in [2.05, 4.69) is 6.92 Å². The van der Waals surface area contributed by atoms with Crippen LogP contribution in [0.1, 0.15) is 39.5 Å². The summed E-state index contributed by atoms with van der Waals surface area (Å²) in [5.41, 5.74) is 4.71. The van der Waals surface area contributed by atoms with Crippen LogP contribution in [-0.2, 0) is 0 Å². The van der Waals surface area contributed by atoms with Gasteiger partial charge in [-0.15, -0.1) is 0 Å². The second-order valence-corrected chi connectivity index (χ2v) is 3.88. The van der Waals surface area contributed by atoms with Crippen LogP contribution < -0.4 is 5.73 Å². The fraction of sp³-hybridized carbons (Fsp3) is 1.00. The Morgan fingerprint density at radius 3 is 2.30 bits per heavy atom. The van der Waals surface area contributed by atoms with Crippen molar-refractivity contribution in [1.82, 2.24) is 0 Å². The molecule has 60 valence electrons. The molecule has 0 aliphatic heterocycles. The molecule has 0 amide bonds. The average molecular weight is 145 g/mol. The van der Waals surface area contributed by atoms with Crippen molar-refractivity contribution < 1.29 is 4.39 Å². The van der Waals surface area contributed by atoms with Crippen molar-refractivity contribution >= 4 is 0 Å². The minimum absolute atomic E-state index is 0.168. The predicted molar refractivity (Wildman–Crippen MR) is 40.6 cm³/mol. The fourth-order valence-electron chi connectivity index (χ4n) is 2.09. The molecule has 1 rings (SSSR count). The minimum Gasteiger partial charge on any atom is -0.325 e. The first-order valence-corrected chi connectivity index (χ1v) is 3.95. The van der Waals surface area contributed by atoms with E-state index in [4.69, 9.17) is 5.73 Å². The smallest absolute Gasteiger partial charge is 0.111 e. The van der Waals surface area contributed by atoms with Gasteiger partial charge in [0.1, 0.15) is 5.67 Å². The Hall–Kier alpha value is -0.110. The Labute approximate surface area is 61.8 Å². The molecule has 0 saturated heterocycles. The molecule has 0 radical (unpaired) electrons. The Bertz CT molecular complexity index is 123. The number of nitrogens with two attached hydrogens (primary N) is 1. The van der Waals surface area contributed by atoms with Crippen molar-refractivity contribution in [2.75, 3.05) is 0 Å². The van der Waals surface area contributed by atoms with Crippen molar-refractivity contribution in [1.29, 1.82) is 0 Å². The highest BCUT2D eigenvalue weighted by Gasteiger charge is 2.49. The van der Waals surface area contributed by atoms with Crippen LogP contribution in [0.2, 0.25) is 0 Å². The van der Waals surface area contributed by atoms with Gasteiger partial charge in [-0.25, -0.2) is 4.39 Å². The molecule has 0 aromatic carbocycles. The van der Waals surface area contributed by atoms with E-state index >= 15 is 0 Å². The lowest BCUT2D eigenvalue weighted by atomic mass is 9.66. The summed E-state index contributed by atoms with van der Waals surface area (Å²) in [5.74, 6) is 0. The Balaban J connectivity index is 2.34. The lowest BCUT2D eigenvalue weighted by molar-refractivity contribution is -0.000767. The number of hydrogen-bond donors (Lipinski definition) is 1. The Kier molecular flexibility index (Phi) is 1.75. The van der Waals surface area contributed by atoms with Gasteiger partial charge < -0.3 is 5.73 Å². The summed E-state index contributed by atoms with van der Waals surface area (Å²) < 4.78 is 12.9. The Morgan fingerprint density at radius 1 is 1.50 bits per heavy atom. The standard InChI is InChI=1S/C8H16FN/c1-3-4-8(10)5-7(2,9)6-8/h3-6,10H2,1-2H3. The third-order valence-electron chi connectivity index (χ3n) is 2.19. The maximum absolute atomic E-state index is 12.9. The molecule has 2 heteroatoms. The van der Waals surface area contributed by atoms with E-state index in [-0.39, 0.29) is 5.54 Å². The molecule has 1 aliphatic rings. The molecule has 0 bridgehead atoms. The molecule has 0 spiro atoms. The van der Waals surface area contributed by atoms with Crippen LogP contribution in [0.25, 0.3) is 0 Å². The third-order valence-corrected chi connectivity index (χ3v) is 2.19. The largest absolute Gasteiger partial charge is 0.325 e. The van der Waals surface area contributed by atoms with E-state index in [1.165, 1.54) is 0 Å². The first-order valence-electron chi connectivity index (χ1n) is 3.95. The molecular weight excluding hydrogens is 129 g/mol. The zero-order chi connectivity index (χ0) is 7.83. The maximum Gasteiger partial charge on any atom is 0.111 e. The third kappa shape index (κ3) is 1.48. The first-order chi connectivity index (χ1) is 4.47. The van der Waals surface area contributed by atoms with Crippen molar-refractivity contribution in [2.24, 2.45) is 5.73 Å². The summed E-state index contributed by atoms with van der Waals surface area (Å²) in [7, 11) is 0. The summed E-state index contributed by atoms with van der Waals surface area (Å²) in [4.78, 5) is 0. The minimum atomic E-state index is -0.968. The van der Waals surface area contributed by atoms with Crippen LogP contribution >= 0.6 is 0 Å². The summed E-state index contributed by atoms with van der Waals surface area (Å²) in [6.45, 7) is 3.72. The zero-order valence-corrected chi connectivity index (χ0v) is 6.78. The molecular formula is C8H16FN. The van der Waals surface area contributed by atoms with Crippen molar-refractivity contribution in [3.05, 3.63) is 0 Å². The van der Waals surface area contributed by atoms with Gasteiger partial charge in [-0.2, -0.15) is 0 Å². The van der Waals surface area contributed by atoms with Gasteiger partial charge in [0, 0.05) is 5.54 Å². The first kappa shape index (κ1) is 7.99. The second kappa shape index (κ2) is 2.19.